The lowest BCUT2D eigenvalue weighted by molar-refractivity contribution is 0.405. The molecule has 0 saturated heterocycles. The third-order valence-corrected chi connectivity index (χ3v) is 4.08. The predicted molar refractivity (Wildman–Crippen MR) is 75.0 cm³/mol. The van der Waals surface area contributed by atoms with Crippen molar-refractivity contribution in [2.75, 3.05) is 20.7 Å². The number of halogens is 1. The average Bonchev–Trinajstić information content (AvgIpc) is 2.35. The second kappa shape index (κ2) is 5.87. The van der Waals surface area contributed by atoms with E-state index in [2.05, 4.69) is 27.3 Å². The zero-order valence-electron chi connectivity index (χ0n) is 10.6. The van der Waals surface area contributed by atoms with E-state index < -0.39 is 0 Å². The Kier molecular flexibility index (Phi) is 4.46. The van der Waals surface area contributed by atoms with Crippen LogP contribution >= 0.6 is 15.9 Å². The number of rotatable bonds is 4. The lowest BCUT2D eigenvalue weighted by Gasteiger charge is -2.23. The summed E-state index contributed by atoms with van der Waals surface area (Å²) in [6.07, 6.45) is 6.09. The van der Waals surface area contributed by atoms with Crippen LogP contribution < -0.4 is 10.1 Å². The molecule has 0 saturated carbocycles. The van der Waals surface area contributed by atoms with Gasteiger partial charge in [0.25, 0.3) is 0 Å². The van der Waals surface area contributed by atoms with Crippen molar-refractivity contribution in [3.8, 4) is 5.75 Å². The first kappa shape index (κ1) is 12.9. The summed E-state index contributed by atoms with van der Waals surface area (Å²) in [4.78, 5) is 0. The van der Waals surface area contributed by atoms with Gasteiger partial charge in [0, 0.05) is 5.56 Å². The maximum Gasteiger partial charge on any atom is 0.136 e. The Balaban J connectivity index is 2.45. The van der Waals surface area contributed by atoms with Crippen LogP contribution in [0, 0.1) is 0 Å². The van der Waals surface area contributed by atoms with Crippen LogP contribution in [-0.2, 0) is 19.3 Å². The summed E-state index contributed by atoms with van der Waals surface area (Å²) in [6.45, 7) is 0.999. The van der Waals surface area contributed by atoms with Crippen LogP contribution in [0.15, 0.2) is 10.5 Å². The van der Waals surface area contributed by atoms with E-state index >= 15 is 0 Å². The highest BCUT2D eigenvalue weighted by molar-refractivity contribution is 9.10. The minimum Gasteiger partial charge on any atom is -0.495 e. The second-order valence-corrected chi connectivity index (χ2v) is 5.42. The topological polar surface area (TPSA) is 21.3 Å². The largest absolute Gasteiger partial charge is 0.495 e. The second-order valence-electron chi connectivity index (χ2n) is 4.57. The van der Waals surface area contributed by atoms with Gasteiger partial charge >= 0.3 is 0 Å². The van der Waals surface area contributed by atoms with Gasteiger partial charge in [-0.25, -0.2) is 0 Å². The number of aryl methyl sites for hydroxylation is 1. The van der Waals surface area contributed by atoms with E-state index in [1.165, 1.54) is 42.4 Å². The summed E-state index contributed by atoms with van der Waals surface area (Å²) in [7, 11) is 3.76. The van der Waals surface area contributed by atoms with Gasteiger partial charge in [0.05, 0.1) is 11.6 Å². The number of hydrogen-bond acceptors (Lipinski definition) is 2. The zero-order chi connectivity index (χ0) is 12.3. The van der Waals surface area contributed by atoms with Crippen molar-refractivity contribution in [2.24, 2.45) is 0 Å². The third kappa shape index (κ3) is 2.66. The van der Waals surface area contributed by atoms with Crippen LogP contribution in [0.3, 0.4) is 0 Å². The molecule has 0 amide bonds. The first-order chi connectivity index (χ1) is 8.27. The average molecular weight is 298 g/mol. The molecule has 1 aliphatic carbocycles. The van der Waals surface area contributed by atoms with Crippen molar-refractivity contribution in [1.82, 2.24) is 5.32 Å². The lowest BCUT2D eigenvalue weighted by atomic mass is 9.86. The van der Waals surface area contributed by atoms with E-state index in [-0.39, 0.29) is 0 Å². The first-order valence-electron chi connectivity index (χ1n) is 6.29. The fourth-order valence-electron chi connectivity index (χ4n) is 2.67. The molecule has 0 fully saturated rings. The summed E-state index contributed by atoms with van der Waals surface area (Å²) in [5.41, 5.74) is 4.44. The molecule has 17 heavy (non-hydrogen) atoms. The molecule has 1 N–H and O–H groups in total. The molecule has 94 valence electrons. The molecule has 0 bridgehead atoms. The van der Waals surface area contributed by atoms with Crippen molar-refractivity contribution in [1.29, 1.82) is 0 Å². The normalized spacial score (nSPS) is 14.5. The van der Waals surface area contributed by atoms with E-state index in [4.69, 9.17) is 4.74 Å². The molecule has 1 aromatic rings. The van der Waals surface area contributed by atoms with Crippen molar-refractivity contribution >= 4 is 15.9 Å². The molecule has 0 spiro atoms. The molecule has 1 aromatic carbocycles. The number of fused-ring (bicyclic) bond motifs is 1. The fraction of sp³-hybridized carbons (Fsp3) is 0.571. The fourth-order valence-corrected chi connectivity index (χ4v) is 3.34. The molecule has 3 heteroatoms. The quantitative estimate of drug-likeness (QED) is 0.922. The van der Waals surface area contributed by atoms with Gasteiger partial charge in [-0.2, -0.15) is 0 Å². The number of likely N-dealkylation sites (N-methyl/N-ethyl adjacent to an activating group) is 1. The van der Waals surface area contributed by atoms with Gasteiger partial charge < -0.3 is 10.1 Å². The number of ether oxygens (including phenoxy) is 1. The molecule has 1 aliphatic rings. The predicted octanol–water partition coefficient (Wildman–Crippen LogP) is 3.10. The monoisotopic (exact) mass is 297 g/mol. The lowest BCUT2D eigenvalue weighted by Crippen LogP contribution is -2.15. The van der Waals surface area contributed by atoms with E-state index in [1.807, 2.05) is 7.05 Å². The molecule has 2 rings (SSSR count). The number of methoxy groups -OCH3 is 1. The number of nitrogens with one attached hydrogen (secondary N) is 1. The van der Waals surface area contributed by atoms with Crippen molar-refractivity contribution in [3.05, 3.63) is 27.2 Å². The molecule has 0 radical (unpaired) electrons. The molecule has 0 aliphatic heterocycles. The van der Waals surface area contributed by atoms with E-state index in [1.54, 1.807) is 7.11 Å². The highest BCUT2D eigenvalue weighted by atomic mass is 79.9. The highest BCUT2D eigenvalue weighted by Gasteiger charge is 2.19. The van der Waals surface area contributed by atoms with Crippen LogP contribution in [0.2, 0.25) is 0 Å². The number of benzene rings is 1. The van der Waals surface area contributed by atoms with Gasteiger partial charge in [-0.05, 0) is 78.8 Å². The maximum atomic E-state index is 5.56. The van der Waals surface area contributed by atoms with Crippen molar-refractivity contribution in [2.45, 2.75) is 32.1 Å². The third-order valence-electron chi connectivity index (χ3n) is 3.50. The Hall–Kier alpha value is -0.540. The van der Waals surface area contributed by atoms with Crippen LogP contribution in [0.4, 0.5) is 0 Å². The summed E-state index contributed by atoms with van der Waals surface area (Å²) in [6, 6.07) is 2.25. The smallest absolute Gasteiger partial charge is 0.136 e. The zero-order valence-corrected chi connectivity index (χ0v) is 12.2. The Morgan fingerprint density at radius 2 is 2.12 bits per heavy atom. The van der Waals surface area contributed by atoms with Crippen LogP contribution in [-0.4, -0.2) is 20.7 Å². The molecular formula is C14H20BrNO. The van der Waals surface area contributed by atoms with Gasteiger partial charge in [0.1, 0.15) is 5.75 Å². The molecule has 0 aromatic heterocycles. The Morgan fingerprint density at radius 1 is 1.35 bits per heavy atom. The highest BCUT2D eigenvalue weighted by Crippen LogP contribution is 2.37. The van der Waals surface area contributed by atoms with E-state index in [0.29, 0.717) is 0 Å². The molecule has 2 nitrogen and oxygen atoms in total. The summed E-state index contributed by atoms with van der Waals surface area (Å²) in [5.74, 6) is 1.03. The first-order valence-corrected chi connectivity index (χ1v) is 7.09. The van der Waals surface area contributed by atoms with Crippen LogP contribution in [0.1, 0.15) is 29.5 Å². The molecule has 0 unspecified atom stereocenters. The van der Waals surface area contributed by atoms with Gasteiger partial charge in [-0.15, -0.1) is 0 Å². The minimum absolute atomic E-state index is 0.999. The summed E-state index contributed by atoms with van der Waals surface area (Å²) in [5, 5.41) is 3.22. The van der Waals surface area contributed by atoms with Gasteiger partial charge in [-0.3, -0.25) is 0 Å². The maximum absolute atomic E-state index is 5.56. The van der Waals surface area contributed by atoms with Gasteiger partial charge in [0.15, 0.2) is 0 Å². The van der Waals surface area contributed by atoms with E-state index in [9.17, 15) is 0 Å². The summed E-state index contributed by atoms with van der Waals surface area (Å²) >= 11 is 3.63. The SMILES string of the molecule is CNCCc1c2c(cc(Br)c1OC)CCCC2. The Bertz CT molecular complexity index is 404. The van der Waals surface area contributed by atoms with Gasteiger partial charge in [0.2, 0.25) is 0 Å². The standard InChI is InChI=1S/C14H20BrNO/c1-16-8-7-12-11-6-4-3-5-10(11)9-13(15)14(12)17-2/h9,16H,3-8H2,1-2H3. The Morgan fingerprint density at radius 3 is 2.82 bits per heavy atom. The minimum atomic E-state index is 0.999. The van der Waals surface area contributed by atoms with Crippen molar-refractivity contribution < 1.29 is 4.74 Å². The molecule has 0 atom stereocenters. The number of hydrogen-bond donors (Lipinski definition) is 1. The van der Waals surface area contributed by atoms with E-state index in [0.717, 1.165) is 23.2 Å². The molecular weight excluding hydrogens is 278 g/mol. The van der Waals surface area contributed by atoms with Crippen molar-refractivity contribution in [3.63, 3.8) is 0 Å². The summed E-state index contributed by atoms with van der Waals surface area (Å²) < 4.78 is 6.67. The van der Waals surface area contributed by atoms with Crippen LogP contribution in [0.5, 0.6) is 5.75 Å². The molecule has 0 heterocycles. The van der Waals surface area contributed by atoms with Crippen LogP contribution in [0.25, 0.3) is 0 Å². The Labute approximate surface area is 112 Å². The van der Waals surface area contributed by atoms with Gasteiger partial charge in [-0.1, -0.05) is 0 Å².